The molecule has 0 unspecified atom stereocenters. The summed E-state index contributed by atoms with van der Waals surface area (Å²) < 4.78 is 4.98. The summed E-state index contributed by atoms with van der Waals surface area (Å²) in [5, 5.41) is 9.56. The Labute approximate surface area is 108 Å². The zero-order valence-electron chi connectivity index (χ0n) is 9.42. The second-order valence-corrected chi connectivity index (χ2v) is 3.88. The highest BCUT2D eigenvalue weighted by atomic mass is 35.5. The standard InChI is InChI=1S/C12H9ClN2O3/c1-18-11-5-10(14-6-15-11)9-4-7(13)2-3-8(9)12(16)17/h2-6H,1H3,(H,16,17). The van der Waals surface area contributed by atoms with Crippen molar-refractivity contribution in [2.24, 2.45) is 0 Å². The number of benzene rings is 1. The zero-order chi connectivity index (χ0) is 13.1. The third-order valence-corrected chi connectivity index (χ3v) is 2.57. The number of ether oxygens (including phenoxy) is 1. The predicted molar refractivity (Wildman–Crippen MR) is 66.0 cm³/mol. The van der Waals surface area contributed by atoms with Crippen LogP contribution in [-0.2, 0) is 0 Å². The van der Waals surface area contributed by atoms with Crippen molar-refractivity contribution < 1.29 is 14.6 Å². The Hall–Kier alpha value is -2.14. The molecule has 0 amide bonds. The maximum absolute atomic E-state index is 11.1. The first-order valence-corrected chi connectivity index (χ1v) is 5.39. The van der Waals surface area contributed by atoms with Gasteiger partial charge in [-0.05, 0) is 18.2 Å². The number of hydrogen-bond acceptors (Lipinski definition) is 4. The SMILES string of the molecule is COc1cc(-c2cc(Cl)ccc2C(=O)O)ncn1. The molecule has 1 aromatic heterocycles. The molecular formula is C12H9ClN2O3. The molecule has 0 spiro atoms. The van der Waals surface area contributed by atoms with Gasteiger partial charge in [-0.3, -0.25) is 0 Å². The molecule has 6 heteroatoms. The minimum absolute atomic E-state index is 0.125. The zero-order valence-corrected chi connectivity index (χ0v) is 10.2. The van der Waals surface area contributed by atoms with E-state index in [0.717, 1.165) is 0 Å². The third-order valence-electron chi connectivity index (χ3n) is 2.34. The largest absolute Gasteiger partial charge is 0.481 e. The first kappa shape index (κ1) is 12.3. The van der Waals surface area contributed by atoms with E-state index < -0.39 is 5.97 Å². The molecule has 0 aliphatic heterocycles. The van der Waals surface area contributed by atoms with Crippen LogP contribution in [0.4, 0.5) is 0 Å². The second kappa shape index (κ2) is 5.01. The normalized spacial score (nSPS) is 10.1. The molecule has 0 aliphatic carbocycles. The average Bonchev–Trinajstić information content (AvgIpc) is 2.38. The van der Waals surface area contributed by atoms with Gasteiger partial charge < -0.3 is 9.84 Å². The fourth-order valence-electron chi connectivity index (χ4n) is 1.51. The van der Waals surface area contributed by atoms with E-state index in [1.807, 2.05) is 0 Å². The minimum Gasteiger partial charge on any atom is -0.481 e. The van der Waals surface area contributed by atoms with Crippen LogP contribution in [0.1, 0.15) is 10.4 Å². The number of aromatic carboxylic acids is 1. The van der Waals surface area contributed by atoms with Gasteiger partial charge in [0.15, 0.2) is 0 Å². The summed E-state index contributed by atoms with van der Waals surface area (Å²) >= 11 is 5.88. The Balaban J connectivity index is 2.61. The highest BCUT2D eigenvalue weighted by Crippen LogP contribution is 2.27. The van der Waals surface area contributed by atoms with E-state index in [4.69, 9.17) is 21.4 Å². The van der Waals surface area contributed by atoms with Gasteiger partial charge in [-0.2, -0.15) is 0 Å². The van der Waals surface area contributed by atoms with Crippen molar-refractivity contribution in [2.75, 3.05) is 7.11 Å². The smallest absolute Gasteiger partial charge is 0.336 e. The van der Waals surface area contributed by atoms with Gasteiger partial charge in [0.1, 0.15) is 6.33 Å². The van der Waals surface area contributed by atoms with Gasteiger partial charge in [0.2, 0.25) is 5.88 Å². The molecule has 92 valence electrons. The van der Waals surface area contributed by atoms with Crippen LogP contribution >= 0.6 is 11.6 Å². The topological polar surface area (TPSA) is 72.3 Å². The molecule has 0 fully saturated rings. The molecule has 2 aromatic rings. The molecule has 0 radical (unpaired) electrons. The third kappa shape index (κ3) is 2.41. The first-order chi connectivity index (χ1) is 8.61. The summed E-state index contributed by atoms with van der Waals surface area (Å²) in [6.45, 7) is 0. The van der Waals surface area contributed by atoms with E-state index in [1.54, 1.807) is 12.1 Å². The summed E-state index contributed by atoms with van der Waals surface area (Å²) in [6.07, 6.45) is 1.31. The monoisotopic (exact) mass is 264 g/mol. The van der Waals surface area contributed by atoms with Crippen LogP contribution in [0.25, 0.3) is 11.3 Å². The predicted octanol–water partition coefficient (Wildman–Crippen LogP) is 2.50. The number of carbonyl (C=O) groups is 1. The summed E-state index contributed by atoms with van der Waals surface area (Å²) in [7, 11) is 1.47. The van der Waals surface area contributed by atoms with Crippen molar-refractivity contribution in [3.63, 3.8) is 0 Å². The minimum atomic E-state index is -1.04. The summed E-state index contributed by atoms with van der Waals surface area (Å²) in [5.74, 6) is -0.685. The number of halogens is 1. The van der Waals surface area contributed by atoms with Gasteiger partial charge in [0.05, 0.1) is 18.4 Å². The Morgan fingerprint density at radius 2 is 2.11 bits per heavy atom. The number of nitrogens with zero attached hydrogens (tertiary/aromatic N) is 2. The highest BCUT2D eigenvalue weighted by Gasteiger charge is 2.14. The molecule has 1 N–H and O–H groups in total. The average molecular weight is 265 g/mol. The summed E-state index contributed by atoms with van der Waals surface area (Å²) in [5.41, 5.74) is 0.998. The molecule has 5 nitrogen and oxygen atoms in total. The van der Waals surface area contributed by atoms with Crippen LogP contribution in [0.5, 0.6) is 5.88 Å². The van der Waals surface area contributed by atoms with Crippen molar-refractivity contribution >= 4 is 17.6 Å². The summed E-state index contributed by atoms with van der Waals surface area (Å²) in [4.78, 5) is 19.0. The van der Waals surface area contributed by atoms with E-state index in [9.17, 15) is 4.79 Å². The Morgan fingerprint density at radius 3 is 2.78 bits per heavy atom. The molecule has 0 atom stereocenters. The lowest BCUT2D eigenvalue weighted by Gasteiger charge is -2.07. The Bertz CT molecular complexity index is 602. The number of methoxy groups -OCH3 is 1. The van der Waals surface area contributed by atoms with Crippen LogP contribution in [0.15, 0.2) is 30.6 Å². The Kier molecular flexibility index (Phi) is 3.43. The van der Waals surface area contributed by atoms with Gasteiger partial charge in [-0.25, -0.2) is 14.8 Å². The van der Waals surface area contributed by atoms with E-state index in [0.29, 0.717) is 22.2 Å². The van der Waals surface area contributed by atoms with Gasteiger partial charge in [-0.1, -0.05) is 11.6 Å². The van der Waals surface area contributed by atoms with E-state index in [-0.39, 0.29) is 5.56 Å². The molecule has 0 aliphatic rings. The van der Waals surface area contributed by atoms with Crippen molar-refractivity contribution in [3.05, 3.63) is 41.2 Å². The molecule has 1 aromatic carbocycles. The van der Waals surface area contributed by atoms with E-state index >= 15 is 0 Å². The van der Waals surface area contributed by atoms with Crippen LogP contribution < -0.4 is 4.74 Å². The molecule has 0 saturated heterocycles. The van der Waals surface area contributed by atoms with Gasteiger partial charge in [0.25, 0.3) is 0 Å². The lowest BCUT2D eigenvalue weighted by Crippen LogP contribution is -2.01. The van der Waals surface area contributed by atoms with Gasteiger partial charge >= 0.3 is 5.97 Å². The lowest BCUT2D eigenvalue weighted by molar-refractivity contribution is 0.0697. The van der Waals surface area contributed by atoms with Crippen LogP contribution in [-0.4, -0.2) is 28.2 Å². The maximum atomic E-state index is 11.1. The quantitative estimate of drug-likeness (QED) is 0.922. The molecule has 0 bridgehead atoms. The van der Waals surface area contributed by atoms with Crippen molar-refractivity contribution in [2.45, 2.75) is 0 Å². The molecule has 1 heterocycles. The van der Waals surface area contributed by atoms with Crippen molar-refractivity contribution in [1.29, 1.82) is 0 Å². The molecular weight excluding hydrogens is 256 g/mol. The second-order valence-electron chi connectivity index (χ2n) is 3.44. The van der Waals surface area contributed by atoms with Gasteiger partial charge in [-0.15, -0.1) is 0 Å². The number of hydrogen-bond donors (Lipinski definition) is 1. The van der Waals surface area contributed by atoms with Crippen LogP contribution in [0, 0.1) is 0 Å². The van der Waals surface area contributed by atoms with Crippen LogP contribution in [0.2, 0.25) is 5.02 Å². The lowest BCUT2D eigenvalue weighted by atomic mass is 10.0. The van der Waals surface area contributed by atoms with Gasteiger partial charge in [0, 0.05) is 16.7 Å². The first-order valence-electron chi connectivity index (χ1n) is 5.01. The van der Waals surface area contributed by atoms with Crippen molar-refractivity contribution in [3.8, 4) is 17.1 Å². The van der Waals surface area contributed by atoms with E-state index in [2.05, 4.69) is 9.97 Å². The van der Waals surface area contributed by atoms with Crippen molar-refractivity contribution in [1.82, 2.24) is 9.97 Å². The Morgan fingerprint density at radius 1 is 1.33 bits per heavy atom. The number of carboxylic acids is 1. The highest BCUT2D eigenvalue weighted by molar-refractivity contribution is 6.31. The molecule has 0 saturated carbocycles. The molecule has 18 heavy (non-hydrogen) atoms. The fourth-order valence-corrected chi connectivity index (χ4v) is 1.69. The number of aromatic nitrogens is 2. The summed E-state index contributed by atoms with van der Waals surface area (Å²) in [6, 6.07) is 6.06. The van der Waals surface area contributed by atoms with Crippen LogP contribution in [0.3, 0.4) is 0 Å². The maximum Gasteiger partial charge on any atom is 0.336 e. The number of rotatable bonds is 3. The fraction of sp³-hybridized carbons (Fsp3) is 0.0833. The number of carboxylic acid groups (broad SMARTS) is 1. The molecule has 2 rings (SSSR count). The van der Waals surface area contributed by atoms with E-state index in [1.165, 1.54) is 25.6 Å².